The lowest BCUT2D eigenvalue weighted by Gasteiger charge is -2.33. The third kappa shape index (κ3) is 3.31. The summed E-state index contributed by atoms with van der Waals surface area (Å²) in [6.07, 6.45) is 2.37. The molecule has 2 aromatic rings. The molecule has 1 fully saturated rings. The first-order valence-corrected chi connectivity index (χ1v) is 7.64. The molecule has 1 aromatic carbocycles. The summed E-state index contributed by atoms with van der Waals surface area (Å²) in [5.74, 6) is -0.000561. The van der Waals surface area contributed by atoms with Crippen LogP contribution in [0.2, 0.25) is 5.02 Å². The Kier molecular flexibility index (Phi) is 4.45. The molecule has 0 bridgehead atoms. The summed E-state index contributed by atoms with van der Waals surface area (Å²) in [6.45, 7) is 1.74. The molecule has 0 radical (unpaired) electrons. The lowest BCUT2D eigenvalue weighted by atomic mass is 10.1. The number of benzene rings is 1. The molecule has 1 aromatic heterocycles. The standard InChI is InChI=1S/C16H18ClN3O2/c1-19-15(5-6-18-19)16(21)20-7-8-22-14(11-20)10-12-3-2-4-13(17)9-12/h2-6,9,14H,7-8,10-11H2,1H3/t14-/m1/s1. The fourth-order valence-corrected chi connectivity index (χ4v) is 2.91. The highest BCUT2D eigenvalue weighted by Crippen LogP contribution is 2.17. The number of morpholine rings is 1. The number of aromatic nitrogens is 2. The van der Waals surface area contributed by atoms with E-state index in [9.17, 15) is 4.79 Å². The van der Waals surface area contributed by atoms with E-state index in [2.05, 4.69) is 5.10 Å². The lowest BCUT2D eigenvalue weighted by molar-refractivity contribution is -0.0211. The lowest BCUT2D eigenvalue weighted by Crippen LogP contribution is -2.46. The van der Waals surface area contributed by atoms with E-state index in [1.54, 1.807) is 24.0 Å². The van der Waals surface area contributed by atoms with Crippen LogP contribution < -0.4 is 0 Å². The summed E-state index contributed by atoms with van der Waals surface area (Å²) in [7, 11) is 1.77. The molecule has 6 heteroatoms. The maximum absolute atomic E-state index is 12.5. The molecule has 1 saturated heterocycles. The van der Waals surface area contributed by atoms with Crippen LogP contribution in [-0.4, -0.2) is 46.4 Å². The maximum atomic E-state index is 12.5. The van der Waals surface area contributed by atoms with Gasteiger partial charge in [0.15, 0.2) is 0 Å². The Bertz CT molecular complexity index is 671. The van der Waals surface area contributed by atoms with Gasteiger partial charge in [0, 0.05) is 37.8 Å². The van der Waals surface area contributed by atoms with Crippen LogP contribution in [0.4, 0.5) is 0 Å². The summed E-state index contributed by atoms with van der Waals surface area (Å²) in [4.78, 5) is 14.4. The highest BCUT2D eigenvalue weighted by atomic mass is 35.5. The Morgan fingerprint density at radius 1 is 1.45 bits per heavy atom. The second-order valence-corrected chi connectivity index (χ2v) is 5.85. The zero-order valence-corrected chi connectivity index (χ0v) is 13.2. The average Bonchev–Trinajstić information content (AvgIpc) is 2.93. The Hall–Kier alpha value is -1.85. The topological polar surface area (TPSA) is 47.4 Å². The highest BCUT2D eigenvalue weighted by molar-refractivity contribution is 6.30. The van der Waals surface area contributed by atoms with Gasteiger partial charge in [-0.1, -0.05) is 23.7 Å². The molecular formula is C16H18ClN3O2. The molecule has 0 unspecified atom stereocenters. The van der Waals surface area contributed by atoms with Gasteiger partial charge >= 0.3 is 0 Å². The Morgan fingerprint density at radius 2 is 2.32 bits per heavy atom. The van der Waals surface area contributed by atoms with Gasteiger partial charge < -0.3 is 9.64 Å². The van der Waals surface area contributed by atoms with Crippen molar-refractivity contribution >= 4 is 17.5 Å². The van der Waals surface area contributed by atoms with Gasteiger partial charge in [-0.25, -0.2) is 0 Å². The minimum atomic E-state index is -0.00982. The fraction of sp³-hybridized carbons (Fsp3) is 0.375. The van der Waals surface area contributed by atoms with Crippen LogP contribution in [0.1, 0.15) is 16.1 Å². The normalized spacial score (nSPS) is 18.5. The molecule has 0 N–H and O–H groups in total. The van der Waals surface area contributed by atoms with Crippen LogP contribution in [0, 0.1) is 0 Å². The number of aryl methyl sites for hydroxylation is 1. The van der Waals surface area contributed by atoms with Crippen LogP contribution in [0.3, 0.4) is 0 Å². The molecule has 0 spiro atoms. The second-order valence-electron chi connectivity index (χ2n) is 5.42. The molecule has 5 nitrogen and oxygen atoms in total. The van der Waals surface area contributed by atoms with Crippen LogP contribution in [0.25, 0.3) is 0 Å². The minimum Gasteiger partial charge on any atom is -0.374 e. The van der Waals surface area contributed by atoms with Gasteiger partial charge in [-0.05, 0) is 23.8 Å². The predicted molar refractivity (Wildman–Crippen MR) is 84.0 cm³/mol. The number of carbonyl (C=O) groups excluding carboxylic acids is 1. The summed E-state index contributed by atoms with van der Waals surface area (Å²) in [5, 5.41) is 4.77. The largest absolute Gasteiger partial charge is 0.374 e. The van der Waals surface area contributed by atoms with Gasteiger partial charge in [0.2, 0.25) is 0 Å². The Balaban J connectivity index is 1.67. The van der Waals surface area contributed by atoms with E-state index in [0.29, 0.717) is 25.4 Å². The molecule has 3 rings (SSSR count). The van der Waals surface area contributed by atoms with Crippen LogP contribution >= 0.6 is 11.6 Å². The first-order valence-electron chi connectivity index (χ1n) is 7.27. The molecule has 22 heavy (non-hydrogen) atoms. The summed E-state index contributed by atoms with van der Waals surface area (Å²) < 4.78 is 7.39. The van der Waals surface area contributed by atoms with Crippen molar-refractivity contribution in [3.8, 4) is 0 Å². The van der Waals surface area contributed by atoms with Crippen molar-refractivity contribution in [2.24, 2.45) is 7.05 Å². The number of hydrogen-bond acceptors (Lipinski definition) is 3. The zero-order chi connectivity index (χ0) is 15.5. The van der Waals surface area contributed by atoms with Crippen molar-refractivity contribution in [1.82, 2.24) is 14.7 Å². The number of ether oxygens (including phenoxy) is 1. The van der Waals surface area contributed by atoms with E-state index in [4.69, 9.17) is 16.3 Å². The van der Waals surface area contributed by atoms with Gasteiger partial charge in [0.1, 0.15) is 5.69 Å². The molecular weight excluding hydrogens is 302 g/mol. The Labute approximate surface area is 134 Å². The van der Waals surface area contributed by atoms with Crippen molar-refractivity contribution in [3.05, 3.63) is 52.8 Å². The van der Waals surface area contributed by atoms with E-state index in [-0.39, 0.29) is 12.0 Å². The van der Waals surface area contributed by atoms with Gasteiger partial charge in [0.05, 0.1) is 12.7 Å². The molecule has 116 valence electrons. The third-order valence-electron chi connectivity index (χ3n) is 3.82. The first kappa shape index (κ1) is 15.1. The molecule has 2 heterocycles. The van der Waals surface area contributed by atoms with Crippen LogP contribution in [0.5, 0.6) is 0 Å². The molecule has 1 aliphatic rings. The van der Waals surface area contributed by atoms with Gasteiger partial charge in [0.25, 0.3) is 5.91 Å². The van der Waals surface area contributed by atoms with E-state index >= 15 is 0 Å². The van der Waals surface area contributed by atoms with Gasteiger partial charge in [-0.3, -0.25) is 9.48 Å². The molecule has 1 aliphatic heterocycles. The second kappa shape index (κ2) is 6.50. The van der Waals surface area contributed by atoms with E-state index in [1.807, 2.05) is 29.2 Å². The number of carbonyl (C=O) groups is 1. The van der Waals surface area contributed by atoms with E-state index in [0.717, 1.165) is 17.0 Å². The van der Waals surface area contributed by atoms with Crippen molar-refractivity contribution in [2.75, 3.05) is 19.7 Å². The molecule has 1 atom stereocenters. The quantitative estimate of drug-likeness (QED) is 0.871. The van der Waals surface area contributed by atoms with Crippen molar-refractivity contribution in [3.63, 3.8) is 0 Å². The monoisotopic (exact) mass is 319 g/mol. The Morgan fingerprint density at radius 3 is 3.05 bits per heavy atom. The SMILES string of the molecule is Cn1nccc1C(=O)N1CCO[C@H](Cc2cccc(Cl)c2)C1. The number of halogens is 1. The van der Waals surface area contributed by atoms with Crippen molar-refractivity contribution in [2.45, 2.75) is 12.5 Å². The first-order chi connectivity index (χ1) is 10.6. The molecule has 1 amide bonds. The number of amides is 1. The average molecular weight is 320 g/mol. The number of nitrogens with zero attached hydrogens (tertiary/aromatic N) is 3. The minimum absolute atomic E-state index is 0.000561. The smallest absolute Gasteiger partial charge is 0.272 e. The molecule has 0 saturated carbocycles. The molecule has 0 aliphatic carbocycles. The van der Waals surface area contributed by atoms with E-state index < -0.39 is 0 Å². The van der Waals surface area contributed by atoms with Crippen LogP contribution in [0.15, 0.2) is 36.5 Å². The summed E-state index contributed by atoms with van der Waals surface area (Å²) in [5.41, 5.74) is 1.72. The van der Waals surface area contributed by atoms with Crippen molar-refractivity contribution < 1.29 is 9.53 Å². The number of hydrogen-bond donors (Lipinski definition) is 0. The highest BCUT2D eigenvalue weighted by Gasteiger charge is 2.26. The summed E-state index contributed by atoms with van der Waals surface area (Å²) in [6, 6.07) is 9.48. The number of rotatable bonds is 3. The van der Waals surface area contributed by atoms with Crippen molar-refractivity contribution in [1.29, 1.82) is 0 Å². The fourth-order valence-electron chi connectivity index (χ4n) is 2.70. The predicted octanol–water partition coefficient (Wildman–Crippen LogP) is 2.16. The third-order valence-corrected chi connectivity index (χ3v) is 4.05. The zero-order valence-electron chi connectivity index (χ0n) is 12.4. The van der Waals surface area contributed by atoms with Gasteiger partial charge in [-0.15, -0.1) is 0 Å². The summed E-state index contributed by atoms with van der Waals surface area (Å²) >= 11 is 6.01. The van der Waals surface area contributed by atoms with Crippen LogP contribution in [-0.2, 0) is 18.2 Å². The maximum Gasteiger partial charge on any atom is 0.272 e. The van der Waals surface area contributed by atoms with Gasteiger partial charge in [-0.2, -0.15) is 5.10 Å². The van der Waals surface area contributed by atoms with E-state index in [1.165, 1.54) is 0 Å².